The Morgan fingerprint density at radius 1 is 0.821 bits per heavy atom. The van der Waals surface area contributed by atoms with Crippen molar-refractivity contribution < 1.29 is 14.3 Å². The summed E-state index contributed by atoms with van der Waals surface area (Å²) >= 11 is 0. The second-order valence-corrected chi connectivity index (χ2v) is 6.29. The number of amides is 2. The fourth-order valence-electron chi connectivity index (χ4n) is 2.80. The van der Waals surface area contributed by atoms with Crippen molar-refractivity contribution >= 4 is 23.2 Å². The van der Waals surface area contributed by atoms with Crippen LogP contribution in [0.4, 0.5) is 11.4 Å². The second kappa shape index (κ2) is 8.86. The van der Waals surface area contributed by atoms with Crippen LogP contribution in [0.25, 0.3) is 0 Å². The van der Waals surface area contributed by atoms with Gasteiger partial charge in [-0.2, -0.15) is 0 Å². The second-order valence-electron chi connectivity index (χ2n) is 6.29. The first kappa shape index (κ1) is 19.2. The van der Waals surface area contributed by atoms with Crippen LogP contribution in [0, 0.1) is 6.92 Å². The zero-order valence-electron chi connectivity index (χ0n) is 15.9. The molecule has 0 fully saturated rings. The van der Waals surface area contributed by atoms with E-state index in [4.69, 9.17) is 4.74 Å². The molecule has 0 aliphatic rings. The van der Waals surface area contributed by atoms with Crippen LogP contribution in [-0.4, -0.2) is 18.4 Å². The van der Waals surface area contributed by atoms with Gasteiger partial charge in [-0.25, -0.2) is 0 Å². The molecule has 5 nitrogen and oxygen atoms in total. The molecular weight excluding hydrogens is 352 g/mol. The molecule has 28 heavy (non-hydrogen) atoms. The Kier molecular flexibility index (Phi) is 6.07. The molecule has 2 amide bonds. The molecule has 0 aliphatic carbocycles. The summed E-state index contributed by atoms with van der Waals surface area (Å²) in [5, 5.41) is 5.69. The molecule has 142 valence electrons. The number of carbonyl (C=O) groups is 2. The fourth-order valence-corrected chi connectivity index (χ4v) is 2.80. The Labute approximate surface area is 164 Å². The molecule has 0 unspecified atom stereocenters. The lowest BCUT2D eigenvalue weighted by molar-refractivity contribution is 0.101. The number of ether oxygens (including phenoxy) is 1. The lowest BCUT2D eigenvalue weighted by Crippen LogP contribution is -2.15. The van der Waals surface area contributed by atoms with Crippen LogP contribution in [0.3, 0.4) is 0 Å². The van der Waals surface area contributed by atoms with Crippen LogP contribution < -0.4 is 15.4 Å². The first-order valence-electron chi connectivity index (χ1n) is 9.08. The molecule has 0 bridgehead atoms. The first-order valence-corrected chi connectivity index (χ1v) is 9.08. The number of benzene rings is 3. The van der Waals surface area contributed by atoms with Gasteiger partial charge in [-0.3, -0.25) is 9.59 Å². The van der Waals surface area contributed by atoms with Crippen molar-refractivity contribution in [2.45, 2.75) is 13.8 Å². The summed E-state index contributed by atoms with van der Waals surface area (Å²) in [6.45, 7) is 4.30. The highest BCUT2D eigenvalue weighted by Crippen LogP contribution is 2.20. The predicted molar refractivity (Wildman–Crippen MR) is 111 cm³/mol. The Bertz CT molecular complexity index is 998. The summed E-state index contributed by atoms with van der Waals surface area (Å²) in [5.41, 5.74) is 3.22. The van der Waals surface area contributed by atoms with Gasteiger partial charge in [0, 0.05) is 16.9 Å². The van der Waals surface area contributed by atoms with Gasteiger partial charge in [0.2, 0.25) is 0 Å². The van der Waals surface area contributed by atoms with Gasteiger partial charge < -0.3 is 15.4 Å². The summed E-state index contributed by atoms with van der Waals surface area (Å²) in [6, 6.07) is 21.5. The van der Waals surface area contributed by atoms with Gasteiger partial charge in [-0.1, -0.05) is 30.3 Å². The van der Waals surface area contributed by atoms with E-state index in [1.54, 1.807) is 42.5 Å². The molecule has 0 aromatic heterocycles. The van der Waals surface area contributed by atoms with Crippen molar-refractivity contribution in [1.29, 1.82) is 0 Å². The minimum Gasteiger partial charge on any atom is -0.493 e. The highest BCUT2D eigenvalue weighted by Gasteiger charge is 2.13. The van der Waals surface area contributed by atoms with E-state index in [2.05, 4.69) is 10.6 Å². The molecule has 3 aromatic carbocycles. The third-order valence-corrected chi connectivity index (χ3v) is 4.09. The summed E-state index contributed by atoms with van der Waals surface area (Å²) < 4.78 is 5.51. The van der Waals surface area contributed by atoms with Crippen molar-refractivity contribution in [3.05, 3.63) is 89.5 Å². The van der Waals surface area contributed by atoms with Crippen molar-refractivity contribution in [2.75, 3.05) is 17.2 Å². The maximum absolute atomic E-state index is 12.6. The van der Waals surface area contributed by atoms with Crippen LogP contribution in [0.5, 0.6) is 5.75 Å². The molecule has 3 aromatic rings. The lowest BCUT2D eigenvalue weighted by atomic mass is 10.1. The number of hydrogen-bond acceptors (Lipinski definition) is 3. The van der Waals surface area contributed by atoms with Crippen LogP contribution in [0.2, 0.25) is 0 Å². The van der Waals surface area contributed by atoms with Gasteiger partial charge in [0.05, 0.1) is 12.2 Å². The molecule has 0 heterocycles. The average Bonchev–Trinajstić information content (AvgIpc) is 2.69. The standard InChI is InChI=1S/C23H22N2O3/c1-3-28-21-13-5-4-12-20(21)23(27)25-19-11-7-9-17(15-19)22(26)24-18-10-6-8-16(2)14-18/h4-15H,3H2,1-2H3,(H,24,26)(H,25,27). The molecule has 0 spiro atoms. The number of para-hydroxylation sites is 1. The van der Waals surface area contributed by atoms with E-state index in [-0.39, 0.29) is 11.8 Å². The summed E-state index contributed by atoms with van der Waals surface area (Å²) in [5.74, 6) is -0.00690. The van der Waals surface area contributed by atoms with Crippen molar-refractivity contribution in [2.24, 2.45) is 0 Å². The van der Waals surface area contributed by atoms with Gasteiger partial charge in [0.1, 0.15) is 5.75 Å². The quantitative estimate of drug-likeness (QED) is 0.645. The van der Waals surface area contributed by atoms with Gasteiger partial charge >= 0.3 is 0 Å². The van der Waals surface area contributed by atoms with E-state index in [1.807, 2.05) is 44.2 Å². The van der Waals surface area contributed by atoms with Gasteiger partial charge in [-0.05, 0) is 61.9 Å². The number of hydrogen-bond donors (Lipinski definition) is 2. The number of anilines is 2. The minimum atomic E-state index is -0.291. The molecule has 0 radical (unpaired) electrons. The summed E-state index contributed by atoms with van der Waals surface area (Å²) in [4.78, 5) is 25.2. The van der Waals surface area contributed by atoms with Gasteiger partial charge in [-0.15, -0.1) is 0 Å². The number of rotatable bonds is 6. The minimum absolute atomic E-state index is 0.239. The predicted octanol–water partition coefficient (Wildman–Crippen LogP) is 4.90. The van der Waals surface area contributed by atoms with E-state index >= 15 is 0 Å². The Morgan fingerprint density at radius 2 is 1.50 bits per heavy atom. The monoisotopic (exact) mass is 374 g/mol. The van der Waals surface area contributed by atoms with E-state index in [0.29, 0.717) is 29.2 Å². The Morgan fingerprint density at radius 3 is 2.25 bits per heavy atom. The molecule has 0 saturated heterocycles. The van der Waals surface area contributed by atoms with E-state index in [1.165, 1.54) is 0 Å². The largest absolute Gasteiger partial charge is 0.493 e. The third kappa shape index (κ3) is 4.76. The third-order valence-electron chi connectivity index (χ3n) is 4.09. The average molecular weight is 374 g/mol. The maximum Gasteiger partial charge on any atom is 0.259 e. The van der Waals surface area contributed by atoms with Gasteiger partial charge in [0.25, 0.3) is 11.8 Å². The molecule has 5 heteroatoms. The van der Waals surface area contributed by atoms with Crippen LogP contribution in [0.1, 0.15) is 33.2 Å². The normalized spacial score (nSPS) is 10.2. The summed E-state index contributed by atoms with van der Waals surface area (Å²) in [6.07, 6.45) is 0. The fraction of sp³-hybridized carbons (Fsp3) is 0.130. The number of nitrogens with one attached hydrogen (secondary N) is 2. The van der Waals surface area contributed by atoms with Crippen molar-refractivity contribution in [3.8, 4) is 5.75 Å². The zero-order chi connectivity index (χ0) is 19.9. The van der Waals surface area contributed by atoms with Crippen LogP contribution in [0.15, 0.2) is 72.8 Å². The molecule has 2 N–H and O–H groups in total. The smallest absolute Gasteiger partial charge is 0.259 e. The lowest BCUT2D eigenvalue weighted by Gasteiger charge is -2.11. The maximum atomic E-state index is 12.6. The Balaban J connectivity index is 1.74. The number of aryl methyl sites for hydroxylation is 1. The molecule has 0 aliphatic heterocycles. The molecule has 3 rings (SSSR count). The SMILES string of the molecule is CCOc1ccccc1C(=O)Nc1cccc(C(=O)Nc2cccc(C)c2)c1. The van der Waals surface area contributed by atoms with Gasteiger partial charge in [0.15, 0.2) is 0 Å². The van der Waals surface area contributed by atoms with E-state index in [9.17, 15) is 9.59 Å². The topological polar surface area (TPSA) is 67.4 Å². The highest BCUT2D eigenvalue weighted by molar-refractivity contribution is 6.08. The van der Waals surface area contributed by atoms with E-state index < -0.39 is 0 Å². The van der Waals surface area contributed by atoms with Crippen molar-refractivity contribution in [3.63, 3.8) is 0 Å². The zero-order valence-corrected chi connectivity index (χ0v) is 15.9. The molecule has 0 saturated carbocycles. The summed E-state index contributed by atoms with van der Waals surface area (Å²) in [7, 11) is 0. The molecular formula is C23H22N2O3. The number of carbonyl (C=O) groups excluding carboxylic acids is 2. The molecule has 0 atom stereocenters. The van der Waals surface area contributed by atoms with Crippen molar-refractivity contribution in [1.82, 2.24) is 0 Å². The van der Waals surface area contributed by atoms with Crippen LogP contribution >= 0.6 is 0 Å². The Hall–Kier alpha value is -3.60. The highest BCUT2D eigenvalue weighted by atomic mass is 16.5. The van der Waals surface area contributed by atoms with E-state index in [0.717, 1.165) is 11.3 Å². The first-order chi connectivity index (χ1) is 13.6. The van der Waals surface area contributed by atoms with Crippen LogP contribution in [-0.2, 0) is 0 Å².